The number of benzene rings is 1. The first kappa shape index (κ1) is 14.8. The van der Waals surface area contributed by atoms with Gasteiger partial charge in [0.1, 0.15) is 5.56 Å². The van der Waals surface area contributed by atoms with Crippen LogP contribution in [0.1, 0.15) is 17.3 Å². The molecule has 1 aromatic carbocycles. The lowest BCUT2D eigenvalue weighted by atomic mass is 10.1. The minimum atomic E-state index is -1.29. The zero-order chi connectivity index (χ0) is 14.6. The third-order valence-corrected chi connectivity index (χ3v) is 2.75. The zero-order valence-corrected chi connectivity index (χ0v) is 10.6. The van der Waals surface area contributed by atoms with Crippen molar-refractivity contribution in [3.63, 3.8) is 0 Å². The Labute approximate surface area is 110 Å². The summed E-state index contributed by atoms with van der Waals surface area (Å²) in [6, 6.07) is 3.07. The van der Waals surface area contributed by atoms with Crippen molar-refractivity contribution in [1.29, 1.82) is 0 Å². The highest BCUT2D eigenvalue weighted by molar-refractivity contribution is 5.97. The van der Waals surface area contributed by atoms with Crippen LogP contribution in [0.4, 0.5) is 10.5 Å². The minimum Gasteiger partial charge on any atom is -0.505 e. The third-order valence-electron chi connectivity index (χ3n) is 2.75. The Morgan fingerprint density at radius 2 is 2.05 bits per heavy atom. The number of nitrogens with zero attached hydrogens (tertiary/aromatic N) is 1. The fourth-order valence-corrected chi connectivity index (χ4v) is 1.34. The lowest BCUT2D eigenvalue weighted by molar-refractivity contribution is 0.0693. The molecule has 0 bridgehead atoms. The Hall–Kier alpha value is -2.28. The van der Waals surface area contributed by atoms with Crippen molar-refractivity contribution >= 4 is 17.7 Å². The van der Waals surface area contributed by atoms with Crippen molar-refractivity contribution in [3.05, 3.63) is 23.8 Å². The van der Waals surface area contributed by atoms with Gasteiger partial charge in [-0.05, 0) is 19.1 Å². The van der Waals surface area contributed by atoms with Gasteiger partial charge in [-0.15, -0.1) is 0 Å². The molecule has 0 saturated heterocycles. The van der Waals surface area contributed by atoms with Gasteiger partial charge >= 0.3 is 12.0 Å². The summed E-state index contributed by atoms with van der Waals surface area (Å²) in [5, 5.41) is 29.9. The van der Waals surface area contributed by atoms with E-state index in [2.05, 4.69) is 5.32 Å². The number of carboxylic acids is 1. The molecule has 1 unspecified atom stereocenters. The fourth-order valence-electron chi connectivity index (χ4n) is 1.34. The minimum absolute atomic E-state index is 0.00175. The molecule has 7 heteroatoms. The smallest absolute Gasteiger partial charge is 0.339 e. The number of likely N-dealkylation sites (N-methyl/N-ethyl adjacent to an activating group) is 1. The maximum Gasteiger partial charge on any atom is 0.339 e. The molecule has 1 rings (SSSR count). The van der Waals surface area contributed by atoms with Gasteiger partial charge < -0.3 is 25.5 Å². The van der Waals surface area contributed by atoms with E-state index in [4.69, 9.17) is 10.2 Å². The predicted molar refractivity (Wildman–Crippen MR) is 68.4 cm³/mol. The summed E-state index contributed by atoms with van der Waals surface area (Å²) < 4.78 is 0. The van der Waals surface area contributed by atoms with Gasteiger partial charge in [-0.2, -0.15) is 0 Å². The largest absolute Gasteiger partial charge is 0.505 e. The second-order valence-electron chi connectivity index (χ2n) is 4.08. The normalized spacial score (nSPS) is 11.7. The average Bonchev–Trinajstić information content (AvgIpc) is 2.38. The molecule has 0 aliphatic rings. The summed E-state index contributed by atoms with van der Waals surface area (Å²) in [5.74, 6) is -1.79. The van der Waals surface area contributed by atoms with Crippen LogP contribution in [0, 0.1) is 0 Å². The van der Waals surface area contributed by atoms with Gasteiger partial charge in [-0.25, -0.2) is 9.59 Å². The number of aromatic carboxylic acids is 1. The Bertz CT molecular complexity index is 489. The molecule has 0 spiro atoms. The highest BCUT2D eigenvalue weighted by Crippen LogP contribution is 2.27. The number of anilines is 1. The molecule has 104 valence electrons. The summed E-state index contributed by atoms with van der Waals surface area (Å²) in [7, 11) is 1.48. The van der Waals surface area contributed by atoms with Crippen molar-refractivity contribution in [2.24, 2.45) is 0 Å². The number of amides is 2. The van der Waals surface area contributed by atoms with E-state index in [0.717, 1.165) is 0 Å². The molecule has 0 aliphatic heterocycles. The van der Waals surface area contributed by atoms with Crippen molar-refractivity contribution in [3.8, 4) is 5.75 Å². The Balaban J connectivity index is 2.92. The second-order valence-corrected chi connectivity index (χ2v) is 4.08. The quantitative estimate of drug-likeness (QED) is 0.607. The highest BCUT2D eigenvalue weighted by Gasteiger charge is 2.18. The number of hydrogen-bond donors (Lipinski definition) is 4. The van der Waals surface area contributed by atoms with Crippen molar-refractivity contribution in [2.75, 3.05) is 19.0 Å². The number of nitrogens with one attached hydrogen (secondary N) is 1. The monoisotopic (exact) mass is 268 g/mol. The van der Waals surface area contributed by atoms with Crippen LogP contribution < -0.4 is 5.32 Å². The molecule has 4 N–H and O–H groups in total. The molecule has 0 saturated carbocycles. The Kier molecular flexibility index (Phi) is 4.71. The number of para-hydroxylation sites is 1. The first-order valence-corrected chi connectivity index (χ1v) is 5.58. The first-order chi connectivity index (χ1) is 8.88. The molecule has 0 aliphatic carbocycles. The van der Waals surface area contributed by atoms with E-state index in [-0.39, 0.29) is 17.9 Å². The van der Waals surface area contributed by atoms with Gasteiger partial charge in [0.2, 0.25) is 0 Å². The molecule has 2 amide bonds. The van der Waals surface area contributed by atoms with E-state index in [1.165, 1.54) is 30.1 Å². The van der Waals surface area contributed by atoms with E-state index < -0.39 is 23.8 Å². The van der Waals surface area contributed by atoms with Gasteiger partial charge in [0.25, 0.3) is 0 Å². The van der Waals surface area contributed by atoms with E-state index in [1.54, 1.807) is 6.92 Å². The molecule has 1 aromatic rings. The number of urea groups is 1. The molecule has 19 heavy (non-hydrogen) atoms. The number of aromatic hydroxyl groups is 1. The van der Waals surface area contributed by atoms with Gasteiger partial charge in [0.15, 0.2) is 5.75 Å². The number of carbonyl (C=O) groups excluding carboxylic acids is 1. The van der Waals surface area contributed by atoms with Crippen molar-refractivity contribution < 1.29 is 24.9 Å². The SMILES string of the molecule is CC(CO)N(C)C(=O)Nc1cccc(C(=O)O)c1O. The van der Waals surface area contributed by atoms with Crippen LogP contribution in [-0.2, 0) is 0 Å². The average molecular weight is 268 g/mol. The number of phenols is 1. The maximum atomic E-state index is 11.8. The predicted octanol–water partition coefficient (Wildman–Crippen LogP) is 0.935. The van der Waals surface area contributed by atoms with Gasteiger partial charge in [-0.3, -0.25) is 0 Å². The highest BCUT2D eigenvalue weighted by atomic mass is 16.4. The third kappa shape index (κ3) is 3.35. The van der Waals surface area contributed by atoms with Gasteiger partial charge in [0, 0.05) is 7.05 Å². The molecule has 1 atom stereocenters. The van der Waals surface area contributed by atoms with E-state index in [9.17, 15) is 14.7 Å². The molecular formula is C12H16N2O5. The number of aliphatic hydroxyl groups is 1. The summed E-state index contributed by atoms with van der Waals surface area (Å²) >= 11 is 0. The van der Waals surface area contributed by atoms with Crippen LogP contribution in [0.3, 0.4) is 0 Å². The number of rotatable bonds is 4. The zero-order valence-electron chi connectivity index (χ0n) is 10.6. The van der Waals surface area contributed by atoms with Crippen LogP contribution in [0.2, 0.25) is 0 Å². The summed E-state index contributed by atoms with van der Waals surface area (Å²) in [6.45, 7) is 1.44. The Morgan fingerprint density at radius 3 is 2.58 bits per heavy atom. The van der Waals surface area contributed by atoms with Crippen molar-refractivity contribution in [1.82, 2.24) is 4.90 Å². The standard InChI is InChI=1S/C12H16N2O5/c1-7(6-15)14(2)12(19)13-9-5-3-4-8(10(9)16)11(17)18/h3-5,7,15-16H,6H2,1-2H3,(H,13,19)(H,17,18). The first-order valence-electron chi connectivity index (χ1n) is 5.58. The fraction of sp³-hybridized carbons (Fsp3) is 0.333. The van der Waals surface area contributed by atoms with Crippen LogP contribution >= 0.6 is 0 Å². The Morgan fingerprint density at radius 1 is 1.42 bits per heavy atom. The summed E-state index contributed by atoms with van der Waals surface area (Å²) in [5.41, 5.74) is -0.294. The lowest BCUT2D eigenvalue weighted by Gasteiger charge is -2.23. The molecular weight excluding hydrogens is 252 g/mol. The van der Waals surface area contributed by atoms with Crippen LogP contribution in [0.5, 0.6) is 5.75 Å². The van der Waals surface area contributed by atoms with E-state index >= 15 is 0 Å². The van der Waals surface area contributed by atoms with E-state index in [1.807, 2.05) is 0 Å². The molecule has 0 heterocycles. The van der Waals surface area contributed by atoms with E-state index in [0.29, 0.717) is 0 Å². The van der Waals surface area contributed by atoms with Gasteiger partial charge in [-0.1, -0.05) is 6.07 Å². The number of aliphatic hydroxyl groups excluding tert-OH is 1. The number of hydrogen-bond acceptors (Lipinski definition) is 4. The van der Waals surface area contributed by atoms with Gasteiger partial charge in [0.05, 0.1) is 18.3 Å². The second kappa shape index (κ2) is 6.05. The topological polar surface area (TPSA) is 110 Å². The van der Waals surface area contributed by atoms with Crippen LogP contribution in [-0.4, -0.2) is 51.9 Å². The number of carbonyl (C=O) groups is 2. The molecule has 0 radical (unpaired) electrons. The summed E-state index contributed by atoms with van der Waals surface area (Å²) in [4.78, 5) is 23.9. The molecule has 0 fully saturated rings. The maximum absolute atomic E-state index is 11.8. The molecule has 7 nitrogen and oxygen atoms in total. The van der Waals surface area contributed by atoms with Crippen LogP contribution in [0.25, 0.3) is 0 Å². The molecule has 0 aromatic heterocycles. The van der Waals surface area contributed by atoms with Crippen molar-refractivity contribution in [2.45, 2.75) is 13.0 Å². The number of carboxylic acid groups (broad SMARTS) is 1. The summed E-state index contributed by atoms with van der Waals surface area (Å²) in [6.07, 6.45) is 0. The van der Waals surface area contributed by atoms with Crippen LogP contribution in [0.15, 0.2) is 18.2 Å². The lowest BCUT2D eigenvalue weighted by Crippen LogP contribution is -2.40.